The fraction of sp³-hybridized carbons (Fsp3) is 0.400. The van der Waals surface area contributed by atoms with Gasteiger partial charge in [-0.3, -0.25) is 9.80 Å². The van der Waals surface area contributed by atoms with E-state index in [2.05, 4.69) is 50.3 Å². The third-order valence-corrected chi connectivity index (χ3v) is 4.81. The average molecular weight is 352 g/mol. The zero-order valence-corrected chi connectivity index (χ0v) is 15.3. The van der Waals surface area contributed by atoms with Gasteiger partial charge in [-0.15, -0.1) is 10.2 Å². The van der Waals surface area contributed by atoms with Gasteiger partial charge in [0.2, 0.25) is 5.89 Å². The van der Waals surface area contributed by atoms with Crippen LogP contribution in [0.15, 0.2) is 45.2 Å². The summed E-state index contributed by atoms with van der Waals surface area (Å²) in [5.41, 5.74) is 2.25. The van der Waals surface area contributed by atoms with E-state index < -0.39 is 0 Å². The molecule has 3 aromatic rings. The third-order valence-electron chi connectivity index (χ3n) is 4.81. The molecule has 2 aromatic heterocycles. The lowest BCUT2D eigenvalue weighted by atomic mass is 10.2. The second-order valence-corrected chi connectivity index (χ2v) is 6.87. The van der Waals surface area contributed by atoms with Crippen molar-refractivity contribution in [2.75, 3.05) is 26.2 Å². The highest BCUT2D eigenvalue weighted by Gasteiger charge is 2.20. The van der Waals surface area contributed by atoms with Gasteiger partial charge in [0.1, 0.15) is 11.5 Å². The minimum Gasteiger partial charge on any atom is -0.466 e. The summed E-state index contributed by atoms with van der Waals surface area (Å²) in [7, 11) is 0. The van der Waals surface area contributed by atoms with Gasteiger partial charge in [0.05, 0.1) is 12.1 Å². The average Bonchev–Trinajstić information content (AvgIpc) is 3.23. The Hall–Kier alpha value is -2.44. The molecule has 1 aliphatic rings. The number of hydrogen-bond acceptors (Lipinski definition) is 6. The summed E-state index contributed by atoms with van der Waals surface area (Å²) < 4.78 is 11.4. The molecule has 0 unspecified atom stereocenters. The Balaban J connectivity index is 1.31. The predicted molar refractivity (Wildman–Crippen MR) is 98.5 cm³/mol. The molecule has 3 heterocycles. The molecule has 6 nitrogen and oxygen atoms in total. The molecular formula is C20H24N4O2. The van der Waals surface area contributed by atoms with Crippen molar-refractivity contribution in [1.29, 1.82) is 0 Å². The van der Waals surface area contributed by atoms with Gasteiger partial charge < -0.3 is 8.83 Å². The zero-order chi connectivity index (χ0) is 17.9. The van der Waals surface area contributed by atoms with Gasteiger partial charge in [0, 0.05) is 32.7 Å². The van der Waals surface area contributed by atoms with Crippen LogP contribution in [0.2, 0.25) is 0 Å². The van der Waals surface area contributed by atoms with Crippen molar-refractivity contribution >= 4 is 0 Å². The van der Waals surface area contributed by atoms with Crippen LogP contribution in [-0.2, 0) is 13.1 Å². The smallest absolute Gasteiger partial charge is 0.251 e. The topological polar surface area (TPSA) is 58.5 Å². The van der Waals surface area contributed by atoms with Crippen LogP contribution in [0, 0.1) is 13.8 Å². The molecule has 1 fully saturated rings. The first-order valence-electron chi connectivity index (χ1n) is 9.06. The third kappa shape index (κ3) is 3.86. The molecule has 0 amide bonds. The van der Waals surface area contributed by atoms with Crippen LogP contribution in [0.25, 0.3) is 11.5 Å². The van der Waals surface area contributed by atoms with Gasteiger partial charge in [0.15, 0.2) is 0 Å². The highest BCUT2D eigenvalue weighted by Crippen LogP contribution is 2.25. The molecule has 0 saturated carbocycles. The van der Waals surface area contributed by atoms with Crippen molar-refractivity contribution < 1.29 is 8.83 Å². The van der Waals surface area contributed by atoms with E-state index in [4.69, 9.17) is 8.83 Å². The number of furan rings is 1. The first-order valence-corrected chi connectivity index (χ1v) is 9.06. The second kappa shape index (κ2) is 7.43. The Labute approximate surface area is 153 Å². The minimum absolute atomic E-state index is 0.539. The van der Waals surface area contributed by atoms with Crippen LogP contribution in [0.5, 0.6) is 0 Å². The summed E-state index contributed by atoms with van der Waals surface area (Å²) in [6.45, 7) is 9.66. The number of benzene rings is 1. The lowest BCUT2D eigenvalue weighted by molar-refractivity contribution is 0.114. The molecule has 6 heteroatoms. The summed E-state index contributed by atoms with van der Waals surface area (Å²) in [5, 5.41) is 8.39. The summed E-state index contributed by atoms with van der Waals surface area (Å²) in [4.78, 5) is 4.86. The van der Waals surface area contributed by atoms with Crippen LogP contribution < -0.4 is 0 Å². The molecule has 0 atom stereocenters. The normalized spacial score (nSPS) is 16.2. The minimum atomic E-state index is 0.539. The number of piperazine rings is 1. The van der Waals surface area contributed by atoms with Crippen molar-refractivity contribution in [3.8, 4) is 11.5 Å². The SMILES string of the molecule is Cc1cc(-c2nnc(CN3CCN(Cc4ccccc4)CC3)o2)c(C)o1. The maximum absolute atomic E-state index is 5.85. The van der Waals surface area contributed by atoms with Crippen LogP contribution in [0.4, 0.5) is 0 Å². The Morgan fingerprint density at radius 1 is 0.885 bits per heavy atom. The van der Waals surface area contributed by atoms with Gasteiger partial charge in [-0.25, -0.2) is 0 Å². The van der Waals surface area contributed by atoms with E-state index in [1.165, 1.54) is 5.56 Å². The highest BCUT2D eigenvalue weighted by atomic mass is 16.4. The quantitative estimate of drug-likeness (QED) is 0.702. The van der Waals surface area contributed by atoms with Crippen LogP contribution in [0.1, 0.15) is 23.0 Å². The van der Waals surface area contributed by atoms with E-state index in [9.17, 15) is 0 Å². The van der Waals surface area contributed by atoms with Gasteiger partial charge >= 0.3 is 0 Å². The fourth-order valence-electron chi connectivity index (χ4n) is 3.41. The van der Waals surface area contributed by atoms with Crippen LogP contribution in [0.3, 0.4) is 0 Å². The van der Waals surface area contributed by atoms with E-state index in [0.29, 0.717) is 18.3 Å². The Bertz CT molecular complexity index is 848. The first-order chi connectivity index (χ1) is 12.7. The molecule has 0 N–H and O–H groups in total. The van der Waals surface area contributed by atoms with Crippen molar-refractivity contribution in [1.82, 2.24) is 20.0 Å². The first kappa shape index (κ1) is 17.0. The molecular weight excluding hydrogens is 328 g/mol. The van der Waals surface area contributed by atoms with E-state index in [-0.39, 0.29) is 0 Å². The lowest BCUT2D eigenvalue weighted by Crippen LogP contribution is -2.45. The second-order valence-electron chi connectivity index (χ2n) is 6.87. The maximum Gasteiger partial charge on any atom is 0.251 e. The number of nitrogens with zero attached hydrogens (tertiary/aromatic N) is 4. The van der Waals surface area contributed by atoms with Crippen molar-refractivity contribution in [2.24, 2.45) is 0 Å². The summed E-state index contributed by atoms with van der Waals surface area (Å²) in [6.07, 6.45) is 0. The van der Waals surface area contributed by atoms with E-state index in [1.807, 2.05) is 19.9 Å². The molecule has 136 valence electrons. The summed E-state index contributed by atoms with van der Waals surface area (Å²) >= 11 is 0. The van der Waals surface area contributed by atoms with Gasteiger partial charge in [-0.05, 0) is 25.5 Å². The van der Waals surface area contributed by atoms with Crippen molar-refractivity contribution in [2.45, 2.75) is 26.9 Å². The molecule has 1 aliphatic heterocycles. The van der Waals surface area contributed by atoms with Gasteiger partial charge in [0.25, 0.3) is 5.89 Å². The van der Waals surface area contributed by atoms with E-state index in [1.54, 1.807) is 0 Å². The summed E-state index contributed by atoms with van der Waals surface area (Å²) in [5.74, 6) is 2.87. The van der Waals surface area contributed by atoms with Crippen molar-refractivity contribution in [3.63, 3.8) is 0 Å². The Morgan fingerprint density at radius 3 is 2.23 bits per heavy atom. The molecule has 1 saturated heterocycles. The van der Waals surface area contributed by atoms with Gasteiger partial charge in [-0.2, -0.15) is 0 Å². The number of aryl methyl sites for hydroxylation is 2. The lowest BCUT2D eigenvalue weighted by Gasteiger charge is -2.33. The molecule has 0 aliphatic carbocycles. The van der Waals surface area contributed by atoms with Crippen LogP contribution >= 0.6 is 0 Å². The van der Waals surface area contributed by atoms with Gasteiger partial charge in [-0.1, -0.05) is 30.3 Å². The molecule has 0 bridgehead atoms. The Kier molecular flexibility index (Phi) is 4.86. The molecule has 4 rings (SSSR count). The molecule has 0 radical (unpaired) electrons. The fourth-order valence-corrected chi connectivity index (χ4v) is 3.41. The number of rotatable bonds is 5. The highest BCUT2D eigenvalue weighted by molar-refractivity contribution is 5.55. The number of hydrogen-bond donors (Lipinski definition) is 0. The molecule has 0 spiro atoms. The number of aromatic nitrogens is 2. The molecule has 1 aromatic carbocycles. The predicted octanol–water partition coefficient (Wildman–Crippen LogP) is 3.26. The van der Waals surface area contributed by atoms with Crippen LogP contribution in [-0.4, -0.2) is 46.2 Å². The largest absolute Gasteiger partial charge is 0.466 e. The van der Waals surface area contributed by atoms with E-state index in [0.717, 1.165) is 49.8 Å². The summed E-state index contributed by atoms with van der Waals surface area (Å²) in [6, 6.07) is 12.6. The molecule has 26 heavy (non-hydrogen) atoms. The standard InChI is InChI=1S/C20H24N4O2/c1-15-12-18(16(2)25-15)20-22-21-19(26-20)14-24-10-8-23(9-11-24)13-17-6-4-3-5-7-17/h3-7,12H,8-11,13-14H2,1-2H3. The van der Waals surface area contributed by atoms with E-state index >= 15 is 0 Å². The zero-order valence-electron chi connectivity index (χ0n) is 15.3. The maximum atomic E-state index is 5.85. The Morgan fingerprint density at radius 2 is 1.58 bits per heavy atom. The van der Waals surface area contributed by atoms with Crippen molar-refractivity contribution in [3.05, 3.63) is 59.4 Å². The monoisotopic (exact) mass is 352 g/mol.